The molecule has 0 amide bonds. The van der Waals surface area contributed by atoms with Gasteiger partial charge in [-0.25, -0.2) is 0 Å². The molecule has 0 aromatic carbocycles. The second kappa shape index (κ2) is 2.60. The summed E-state index contributed by atoms with van der Waals surface area (Å²) in [7, 11) is 1.48. The van der Waals surface area contributed by atoms with Gasteiger partial charge in [0.25, 0.3) is 0 Å². The molecule has 0 heterocycles. The maximum atomic E-state index is 11.6. The number of allylic oxidation sites excluding steroid dienone is 1. The van der Waals surface area contributed by atoms with Gasteiger partial charge in [0.05, 0.1) is 13.0 Å². The van der Waals surface area contributed by atoms with Crippen LogP contribution in [-0.2, 0) is 9.53 Å². The van der Waals surface area contributed by atoms with E-state index in [1.165, 1.54) is 12.7 Å². The van der Waals surface area contributed by atoms with E-state index in [-0.39, 0.29) is 17.3 Å². The molecule has 2 heteroatoms. The largest absolute Gasteiger partial charge is 0.469 e. The molecule has 13 heavy (non-hydrogen) atoms. The first-order valence-electron chi connectivity index (χ1n) is 4.88. The van der Waals surface area contributed by atoms with Crippen LogP contribution >= 0.6 is 0 Å². The normalized spacial score (nSPS) is 35.1. The number of carbonyl (C=O) groups is 1. The Kier molecular flexibility index (Phi) is 1.76. The summed E-state index contributed by atoms with van der Waals surface area (Å²) in [6, 6.07) is 0. The van der Waals surface area contributed by atoms with Crippen LogP contribution < -0.4 is 0 Å². The Balaban J connectivity index is 2.26. The van der Waals surface area contributed by atoms with Crippen molar-refractivity contribution in [3.8, 4) is 0 Å². The van der Waals surface area contributed by atoms with E-state index in [0.29, 0.717) is 5.92 Å². The summed E-state index contributed by atoms with van der Waals surface area (Å²) in [5, 5.41) is 0. The molecule has 2 fully saturated rings. The molecular weight excluding hydrogens is 164 g/mol. The lowest BCUT2D eigenvalue weighted by Gasteiger charge is -2.19. The Labute approximate surface area is 79.0 Å². The van der Waals surface area contributed by atoms with E-state index in [1.54, 1.807) is 0 Å². The zero-order valence-corrected chi connectivity index (χ0v) is 8.30. The summed E-state index contributed by atoms with van der Waals surface area (Å²) in [4.78, 5) is 11.6. The molecule has 2 nitrogen and oxygen atoms in total. The van der Waals surface area contributed by atoms with Crippen molar-refractivity contribution in [2.45, 2.75) is 26.2 Å². The fourth-order valence-corrected chi connectivity index (χ4v) is 2.86. The SMILES string of the molecule is C=C1C[C@@H](C)[C@H](C(=O)OC)C12CC2. The first kappa shape index (κ1) is 8.79. The van der Waals surface area contributed by atoms with Crippen LogP contribution in [0.25, 0.3) is 0 Å². The molecule has 2 aliphatic carbocycles. The molecule has 2 saturated carbocycles. The average molecular weight is 180 g/mol. The zero-order chi connectivity index (χ0) is 9.64. The van der Waals surface area contributed by atoms with Crippen molar-refractivity contribution in [2.75, 3.05) is 7.11 Å². The van der Waals surface area contributed by atoms with Crippen molar-refractivity contribution in [1.29, 1.82) is 0 Å². The Morgan fingerprint density at radius 1 is 1.62 bits per heavy atom. The molecule has 2 atom stereocenters. The quantitative estimate of drug-likeness (QED) is 0.456. The third-order valence-electron chi connectivity index (χ3n) is 3.68. The Morgan fingerprint density at radius 3 is 2.69 bits per heavy atom. The second-order valence-corrected chi connectivity index (χ2v) is 4.44. The van der Waals surface area contributed by atoms with Crippen molar-refractivity contribution in [3.63, 3.8) is 0 Å². The summed E-state index contributed by atoms with van der Waals surface area (Å²) in [5.74, 6) is 0.469. The molecule has 0 aromatic rings. The maximum Gasteiger partial charge on any atom is 0.309 e. The van der Waals surface area contributed by atoms with Crippen molar-refractivity contribution in [2.24, 2.45) is 17.3 Å². The summed E-state index contributed by atoms with van der Waals surface area (Å²) in [6.07, 6.45) is 3.27. The number of methoxy groups -OCH3 is 1. The lowest BCUT2D eigenvalue weighted by atomic mass is 9.87. The second-order valence-electron chi connectivity index (χ2n) is 4.44. The summed E-state index contributed by atoms with van der Waals surface area (Å²) >= 11 is 0. The molecule has 0 bridgehead atoms. The fourth-order valence-electron chi connectivity index (χ4n) is 2.86. The smallest absolute Gasteiger partial charge is 0.309 e. The predicted molar refractivity (Wildman–Crippen MR) is 50.1 cm³/mol. The lowest BCUT2D eigenvalue weighted by Crippen LogP contribution is -2.26. The molecule has 72 valence electrons. The van der Waals surface area contributed by atoms with Gasteiger partial charge in [-0.3, -0.25) is 4.79 Å². The number of ether oxygens (including phenoxy) is 1. The van der Waals surface area contributed by atoms with E-state index < -0.39 is 0 Å². The van der Waals surface area contributed by atoms with Crippen molar-refractivity contribution in [1.82, 2.24) is 0 Å². The monoisotopic (exact) mass is 180 g/mol. The van der Waals surface area contributed by atoms with Gasteiger partial charge in [0.1, 0.15) is 0 Å². The van der Waals surface area contributed by atoms with Crippen LogP contribution in [-0.4, -0.2) is 13.1 Å². The van der Waals surface area contributed by atoms with Crippen molar-refractivity contribution in [3.05, 3.63) is 12.2 Å². The van der Waals surface area contributed by atoms with E-state index in [2.05, 4.69) is 13.5 Å². The van der Waals surface area contributed by atoms with Gasteiger partial charge in [0.15, 0.2) is 0 Å². The molecule has 0 aliphatic heterocycles. The Morgan fingerprint density at radius 2 is 2.23 bits per heavy atom. The van der Waals surface area contributed by atoms with Crippen LogP contribution in [0.4, 0.5) is 0 Å². The third-order valence-corrected chi connectivity index (χ3v) is 3.68. The van der Waals surface area contributed by atoms with Gasteiger partial charge < -0.3 is 4.74 Å². The first-order chi connectivity index (χ1) is 6.12. The topological polar surface area (TPSA) is 26.3 Å². The fraction of sp³-hybridized carbons (Fsp3) is 0.727. The van der Waals surface area contributed by atoms with Crippen molar-refractivity contribution < 1.29 is 9.53 Å². The van der Waals surface area contributed by atoms with E-state index in [4.69, 9.17) is 4.74 Å². The van der Waals surface area contributed by atoms with Crippen LogP contribution in [0.3, 0.4) is 0 Å². The van der Waals surface area contributed by atoms with E-state index in [9.17, 15) is 4.79 Å². The molecule has 1 spiro atoms. The summed E-state index contributed by atoms with van der Waals surface area (Å²) in [5.41, 5.74) is 1.42. The third kappa shape index (κ3) is 1.04. The van der Waals surface area contributed by atoms with Gasteiger partial charge >= 0.3 is 5.97 Å². The molecule has 0 aromatic heterocycles. The van der Waals surface area contributed by atoms with Crippen LogP contribution in [0.1, 0.15) is 26.2 Å². The van der Waals surface area contributed by atoms with Crippen LogP contribution in [0.2, 0.25) is 0 Å². The highest BCUT2D eigenvalue weighted by Gasteiger charge is 2.60. The zero-order valence-electron chi connectivity index (χ0n) is 8.30. The van der Waals surface area contributed by atoms with E-state index >= 15 is 0 Å². The predicted octanol–water partition coefficient (Wildman–Crippen LogP) is 2.15. The van der Waals surface area contributed by atoms with E-state index in [1.807, 2.05) is 0 Å². The molecule has 2 rings (SSSR count). The number of hydrogen-bond acceptors (Lipinski definition) is 2. The summed E-state index contributed by atoms with van der Waals surface area (Å²) < 4.78 is 4.85. The van der Waals surface area contributed by atoms with E-state index in [0.717, 1.165) is 19.3 Å². The number of hydrogen-bond donors (Lipinski definition) is 0. The maximum absolute atomic E-state index is 11.6. The molecular formula is C11H16O2. The molecule has 2 aliphatic rings. The van der Waals surface area contributed by atoms with Gasteiger partial charge in [-0.15, -0.1) is 0 Å². The Bertz CT molecular complexity index is 263. The average Bonchev–Trinajstić information content (AvgIpc) is 2.81. The van der Waals surface area contributed by atoms with Crippen LogP contribution in [0.5, 0.6) is 0 Å². The first-order valence-corrected chi connectivity index (χ1v) is 4.88. The number of carbonyl (C=O) groups excluding carboxylic acids is 1. The van der Waals surface area contributed by atoms with Gasteiger partial charge in [-0.05, 0) is 25.2 Å². The summed E-state index contributed by atoms with van der Waals surface area (Å²) in [6.45, 7) is 6.20. The van der Waals surface area contributed by atoms with Gasteiger partial charge in [-0.1, -0.05) is 19.1 Å². The standard InChI is InChI=1S/C11H16O2/c1-7-6-8(2)11(4-5-11)9(7)10(12)13-3/h7,9H,2,4-6H2,1,3H3/t7-,9-/m1/s1. The number of esters is 1. The van der Waals surface area contributed by atoms with Gasteiger partial charge in [-0.2, -0.15) is 0 Å². The molecule has 0 N–H and O–H groups in total. The molecule has 0 unspecified atom stereocenters. The highest BCUT2D eigenvalue weighted by Crippen LogP contribution is 2.65. The van der Waals surface area contributed by atoms with Crippen LogP contribution in [0.15, 0.2) is 12.2 Å². The molecule has 0 radical (unpaired) electrons. The van der Waals surface area contributed by atoms with Gasteiger partial charge in [0.2, 0.25) is 0 Å². The minimum atomic E-state index is -0.0383. The minimum absolute atomic E-state index is 0.0383. The highest BCUT2D eigenvalue weighted by atomic mass is 16.5. The molecule has 0 saturated heterocycles. The van der Waals surface area contributed by atoms with Crippen LogP contribution in [0, 0.1) is 17.3 Å². The number of rotatable bonds is 1. The van der Waals surface area contributed by atoms with Crippen molar-refractivity contribution >= 4 is 5.97 Å². The van der Waals surface area contributed by atoms with Gasteiger partial charge in [0, 0.05) is 5.41 Å². The Hall–Kier alpha value is -0.790. The highest BCUT2D eigenvalue weighted by molar-refractivity contribution is 5.76. The minimum Gasteiger partial charge on any atom is -0.469 e. The lowest BCUT2D eigenvalue weighted by molar-refractivity contribution is -0.148.